The number of benzene rings is 1. The first-order chi connectivity index (χ1) is 16.7. The summed E-state index contributed by atoms with van der Waals surface area (Å²) in [5.41, 5.74) is 3.81. The van der Waals surface area contributed by atoms with E-state index in [4.69, 9.17) is 4.74 Å². The Morgan fingerprint density at radius 1 is 1.06 bits per heavy atom. The standard InChI is InChI=1S/C24H26N8O2/c1-25-23(33)20-13-18-15-28-24(30-32(18)22(20)16-3-6-19(34-2)7-4-16)29-21-8-5-17(14-27-21)31-11-9-26-10-12-31/h3-8,13-15,26H,9-12H2,1-2H3,(H,25,33)(H,27,29,30). The van der Waals surface area contributed by atoms with E-state index < -0.39 is 0 Å². The quantitative estimate of drug-likeness (QED) is 0.404. The van der Waals surface area contributed by atoms with Crippen LogP contribution in [0.4, 0.5) is 17.5 Å². The Kier molecular flexibility index (Phi) is 5.96. The molecule has 34 heavy (non-hydrogen) atoms. The van der Waals surface area contributed by atoms with Gasteiger partial charge >= 0.3 is 0 Å². The molecule has 0 spiro atoms. The largest absolute Gasteiger partial charge is 0.497 e. The number of carbonyl (C=O) groups is 1. The molecule has 5 rings (SSSR count). The third kappa shape index (κ3) is 4.23. The molecule has 4 heterocycles. The molecular formula is C24H26N8O2. The van der Waals surface area contributed by atoms with Gasteiger partial charge in [-0.2, -0.15) is 0 Å². The van der Waals surface area contributed by atoms with Crippen LogP contribution in [0.1, 0.15) is 10.4 Å². The van der Waals surface area contributed by atoms with Gasteiger partial charge in [-0.15, -0.1) is 5.10 Å². The summed E-state index contributed by atoms with van der Waals surface area (Å²) in [7, 11) is 3.23. The minimum Gasteiger partial charge on any atom is -0.497 e. The zero-order valence-corrected chi connectivity index (χ0v) is 19.1. The summed E-state index contributed by atoms with van der Waals surface area (Å²) in [6.45, 7) is 3.87. The molecule has 1 saturated heterocycles. The van der Waals surface area contributed by atoms with Crippen LogP contribution in [0.25, 0.3) is 16.8 Å². The number of methoxy groups -OCH3 is 1. The van der Waals surface area contributed by atoms with Gasteiger partial charge < -0.3 is 25.6 Å². The molecule has 10 nitrogen and oxygen atoms in total. The van der Waals surface area contributed by atoms with Crippen molar-refractivity contribution >= 4 is 28.9 Å². The summed E-state index contributed by atoms with van der Waals surface area (Å²) in [5.74, 6) is 1.56. The monoisotopic (exact) mass is 458 g/mol. The van der Waals surface area contributed by atoms with Gasteiger partial charge in [0.15, 0.2) is 0 Å². The van der Waals surface area contributed by atoms with Crippen LogP contribution < -0.4 is 25.6 Å². The Labute approximate surface area is 197 Å². The SMILES string of the molecule is CNC(=O)c1cc2cnc(Nc3ccc(N4CCNCC4)cn3)nn2c1-c1ccc(OC)cc1. The molecular weight excluding hydrogens is 432 g/mol. The molecule has 1 aliphatic heterocycles. The molecule has 1 aliphatic rings. The fourth-order valence-electron chi connectivity index (χ4n) is 4.04. The van der Waals surface area contributed by atoms with Crippen molar-refractivity contribution in [1.29, 1.82) is 0 Å². The first kappa shape index (κ1) is 21.7. The Balaban J connectivity index is 1.47. The lowest BCUT2D eigenvalue weighted by Crippen LogP contribution is -2.43. The first-order valence-corrected chi connectivity index (χ1v) is 11.1. The number of rotatable bonds is 6. The molecule has 174 valence electrons. The van der Waals surface area contributed by atoms with Crippen LogP contribution in [0, 0.1) is 0 Å². The summed E-state index contributed by atoms with van der Waals surface area (Å²) in [5, 5.41) is 13.9. The second kappa shape index (κ2) is 9.36. The number of pyridine rings is 1. The molecule has 0 bridgehead atoms. The number of hydrogen-bond donors (Lipinski definition) is 3. The van der Waals surface area contributed by atoms with E-state index in [1.165, 1.54) is 0 Å². The zero-order chi connectivity index (χ0) is 23.5. The average Bonchev–Trinajstić information content (AvgIpc) is 3.28. The number of aromatic nitrogens is 4. The zero-order valence-electron chi connectivity index (χ0n) is 19.1. The van der Waals surface area contributed by atoms with Crippen LogP contribution in [0.3, 0.4) is 0 Å². The van der Waals surface area contributed by atoms with E-state index in [1.54, 1.807) is 30.9 Å². The minimum absolute atomic E-state index is 0.198. The molecule has 0 atom stereocenters. The van der Waals surface area contributed by atoms with Gasteiger partial charge in [0.2, 0.25) is 5.95 Å². The molecule has 4 aromatic rings. The molecule has 3 N–H and O–H groups in total. The highest BCUT2D eigenvalue weighted by molar-refractivity contribution is 6.02. The van der Waals surface area contributed by atoms with Crippen molar-refractivity contribution in [2.45, 2.75) is 0 Å². The predicted molar refractivity (Wildman–Crippen MR) is 131 cm³/mol. The molecule has 1 fully saturated rings. The van der Waals surface area contributed by atoms with Gasteiger partial charge in [0.05, 0.1) is 42.0 Å². The van der Waals surface area contributed by atoms with E-state index in [0.717, 1.165) is 43.2 Å². The minimum atomic E-state index is -0.198. The third-order valence-corrected chi connectivity index (χ3v) is 5.82. The summed E-state index contributed by atoms with van der Waals surface area (Å²) in [6.07, 6.45) is 3.54. The Morgan fingerprint density at radius 2 is 1.85 bits per heavy atom. The van der Waals surface area contributed by atoms with Gasteiger partial charge in [-0.25, -0.2) is 14.5 Å². The number of anilines is 3. The smallest absolute Gasteiger partial charge is 0.253 e. The van der Waals surface area contributed by atoms with Crippen LogP contribution in [0.2, 0.25) is 0 Å². The highest BCUT2D eigenvalue weighted by atomic mass is 16.5. The van der Waals surface area contributed by atoms with Crippen LogP contribution in [0.5, 0.6) is 5.75 Å². The third-order valence-electron chi connectivity index (χ3n) is 5.82. The number of piperazine rings is 1. The van der Waals surface area contributed by atoms with E-state index in [1.807, 2.05) is 42.6 Å². The Bertz CT molecular complexity index is 1300. The lowest BCUT2D eigenvalue weighted by molar-refractivity contribution is 0.0964. The van der Waals surface area contributed by atoms with Gasteiger partial charge in [-0.1, -0.05) is 0 Å². The Morgan fingerprint density at radius 3 is 2.53 bits per heavy atom. The number of nitrogens with zero attached hydrogens (tertiary/aromatic N) is 5. The van der Waals surface area contributed by atoms with Crippen LogP contribution in [0.15, 0.2) is 54.9 Å². The highest BCUT2D eigenvalue weighted by Crippen LogP contribution is 2.29. The number of carbonyl (C=O) groups excluding carboxylic acids is 1. The van der Waals surface area contributed by atoms with Gasteiger partial charge in [0.25, 0.3) is 5.91 Å². The van der Waals surface area contributed by atoms with E-state index in [2.05, 4.69) is 35.9 Å². The highest BCUT2D eigenvalue weighted by Gasteiger charge is 2.19. The number of fused-ring (bicyclic) bond motifs is 1. The predicted octanol–water partition coefficient (Wildman–Crippen LogP) is 2.31. The van der Waals surface area contributed by atoms with E-state index in [-0.39, 0.29) is 5.91 Å². The summed E-state index contributed by atoms with van der Waals surface area (Å²) < 4.78 is 6.99. The van der Waals surface area contributed by atoms with E-state index in [9.17, 15) is 4.79 Å². The molecule has 1 amide bonds. The van der Waals surface area contributed by atoms with Gasteiger partial charge in [0, 0.05) is 38.8 Å². The molecule has 0 saturated carbocycles. The van der Waals surface area contributed by atoms with Crippen molar-refractivity contribution < 1.29 is 9.53 Å². The van der Waals surface area contributed by atoms with Crippen molar-refractivity contribution in [2.24, 2.45) is 0 Å². The van der Waals surface area contributed by atoms with Crippen molar-refractivity contribution in [3.8, 4) is 17.0 Å². The maximum atomic E-state index is 12.6. The molecule has 0 aliphatic carbocycles. The van der Waals surface area contributed by atoms with Gasteiger partial charge in [-0.05, 0) is 42.5 Å². The normalized spacial score (nSPS) is 13.6. The van der Waals surface area contributed by atoms with Gasteiger partial charge in [0.1, 0.15) is 11.6 Å². The van der Waals surface area contributed by atoms with Crippen molar-refractivity contribution in [2.75, 3.05) is 50.6 Å². The number of amides is 1. The molecule has 10 heteroatoms. The van der Waals surface area contributed by atoms with Crippen molar-refractivity contribution in [3.05, 3.63) is 60.4 Å². The van der Waals surface area contributed by atoms with Crippen LogP contribution in [-0.4, -0.2) is 65.8 Å². The van der Waals surface area contributed by atoms with E-state index in [0.29, 0.717) is 28.5 Å². The second-order valence-corrected chi connectivity index (χ2v) is 7.90. The fourth-order valence-corrected chi connectivity index (χ4v) is 4.04. The molecule has 3 aromatic heterocycles. The number of ether oxygens (including phenoxy) is 1. The van der Waals surface area contributed by atoms with Crippen molar-refractivity contribution in [3.63, 3.8) is 0 Å². The lowest BCUT2D eigenvalue weighted by Gasteiger charge is -2.29. The van der Waals surface area contributed by atoms with Crippen molar-refractivity contribution in [1.82, 2.24) is 30.2 Å². The van der Waals surface area contributed by atoms with Crippen LogP contribution >= 0.6 is 0 Å². The molecule has 0 radical (unpaired) electrons. The summed E-state index contributed by atoms with van der Waals surface area (Å²) >= 11 is 0. The second-order valence-electron chi connectivity index (χ2n) is 7.90. The molecule has 1 aromatic carbocycles. The van der Waals surface area contributed by atoms with Crippen LogP contribution in [-0.2, 0) is 0 Å². The van der Waals surface area contributed by atoms with E-state index >= 15 is 0 Å². The fraction of sp³-hybridized carbons (Fsp3) is 0.250. The van der Waals surface area contributed by atoms with Gasteiger partial charge in [-0.3, -0.25) is 4.79 Å². The maximum absolute atomic E-state index is 12.6. The topological polar surface area (TPSA) is 109 Å². The molecule has 0 unspecified atom stereocenters. The Hall–Kier alpha value is -4.18. The first-order valence-electron chi connectivity index (χ1n) is 11.1. The summed E-state index contributed by atoms with van der Waals surface area (Å²) in [4.78, 5) is 23.9. The lowest BCUT2D eigenvalue weighted by atomic mass is 10.1. The number of nitrogens with one attached hydrogen (secondary N) is 3. The maximum Gasteiger partial charge on any atom is 0.253 e. The average molecular weight is 459 g/mol. The number of hydrogen-bond acceptors (Lipinski definition) is 8. The summed E-state index contributed by atoms with van der Waals surface area (Å²) in [6, 6.07) is 13.3.